The first-order valence-electron chi connectivity index (χ1n) is 8.93. The summed E-state index contributed by atoms with van der Waals surface area (Å²) >= 11 is 12.3. The van der Waals surface area contributed by atoms with E-state index in [4.69, 9.17) is 27.9 Å². The minimum Gasteiger partial charge on any atom is -0.372 e. The summed E-state index contributed by atoms with van der Waals surface area (Å²) in [4.78, 5) is 4.11. The molecule has 0 aliphatic carbocycles. The third-order valence-electron chi connectivity index (χ3n) is 4.26. The van der Waals surface area contributed by atoms with Crippen molar-refractivity contribution < 1.29 is 4.74 Å². The van der Waals surface area contributed by atoms with E-state index in [-0.39, 0.29) is 6.10 Å². The van der Waals surface area contributed by atoms with Gasteiger partial charge in [-0.15, -0.1) is 0 Å². The topological polar surface area (TPSA) is 27.1 Å². The van der Waals surface area contributed by atoms with E-state index in [1.807, 2.05) is 53.5 Å². The van der Waals surface area contributed by atoms with Crippen molar-refractivity contribution in [2.45, 2.75) is 25.5 Å². The predicted octanol–water partition coefficient (Wildman–Crippen LogP) is 5.92. The van der Waals surface area contributed by atoms with Crippen molar-refractivity contribution in [3.63, 3.8) is 0 Å². The second-order valence-electron chi connectivity index (χ2n) is 6.30. The van der Waals surface area contributed by atoms with E-state index < -0.39 is 0 Å². The zero-order chi connectivity index (χ0) is 18.9. The van der Waals surface area contributed by atoms with Crippen LogP contribution in [0.25, 0.3) is 6.08 Å². The fourth-order valence-corrected chi connectivity index (χ4v) is 3.34. The molecule has 0 fully saturated rings. The highest BCUT2D eigenvalue weighted by Gasteiger charge is 2.11. The van der Waals surface area contributed by atoms with Crippen LogP contribution in [-0.2, 0) is 17.7 Å². The van der Waals surface area contributed by atoms with Gasteiger partial charge in [-0.3, -0.25) is 0 Å². The Morgan fingerprint density at radius 3 is 2.70 bits per heavy atom. The molecule has 1 heterocycles. The molecule has 0 amide bonds. The zero-order valence-electron chi connectivity index (χ0n) is 15.0. The molecule has 3 rings (SSSR count). The molecule has 0 spiro atoms. The Kier molecular flexibility index (Phi) is 7.52. The Balaban J connectivity index is 1.57. The summed E-state index contributed by atoms with van der Waals surface area (Å²) in [7, 11) is 0. The van der Waals surface area contributed by atoms with Gasteiger partial charge < -0.3 is 9.30 Å². The van der Waals surface area contributed by atoms with Gasteiger partial charge >= 0.3 is 0 Å². The summed E-state index contributed by atoms with van der Waals surface area (Å²) < 4.78 is 8.15. The first-order valence-corrected chi connectivity index (χ1v) is 9.69. The summed E-state index contributed by atoms with van der Waals surface area (Å²) in [5.41, 5.74) is 2.25. The van der Waals surface area contributed by atoms with Crippen molar-refractivity contribution in [2.24, 2.45) is 0 Å². The predicted molar refractivity (Wildman–Crippen MR) is 112 cm³/mol. The van der Waals surface area contributed by atoms with Crippen molar-refractivity contribution in [3.05, 3.63) is 94.5 Å². The lowest BCUT2D eigenvalue weighted by molar-refractivity contribution is 0.0553. The second kappa shape index (κ2) is 10.3. The van der Waals surface area contributed by atoms with Crippen LogP contribution in [0.4, 0.5) is 0 Å². The molecule has 3 nitrogen and oxygen atoms in total. The van der Waals surface area contributed by atoms with Crippen LogP contribution in [0.1, 0.15) is 17.5 Å². The standard InChI is InChI=1S/C22H22Cl2N2O/c23-20-10-8-19(22(24)15-20)9-11-21(16-26-13-12-25-17-26)27-14-4-7-18-5-2-1-3-6-18/h1-8,10,12-13,15,17,21H,9,11,14,16H2/b7-4+. The van der Waals surface area contributed by atoms with E-state index in [0.29, 0.717) is 16.7 Å². The van der Waals surface area contributed by atoms with E-state index >= 15 is 0 Å². The third-order valence-corrected chi connectivity index (χ3v) is 4.85. The molecule has 0 saturated carbocycles. The monoisotopic (exact) mass is 400 g/mol. The lowest BCUT2D eigenvalue weighted by Crippen LogP contribution is -2.20. The number of imidazole rings is 1. The Labute approximate surface area is 170 Å². The van der Waals surface area contributed by atoms with Crippen LogP contribution in [0, 0.1) is 0 Å². The van der Waals surface area contributed by atoms with Crippen molar-refractivity contribution in [2.75, 3.05) is 6.61 Å². The number of hydrogen-bond acceptors (Lipinski definition) is 2. The average molecular weight is 401 g/mol. The molecule has 0 aliphatic heterocycles. The Morgan fingerprint density at radius 2 is 1.96 bits per heavy atom. The number of nitrogens with zero attached hydrogens (tertiary/aromatic N) is 2. The number of aryl methyl sites for hydroxylation is 1. The van der Waals surface area contributed by atoms with Gasteiger partial charge in [0.15, 0.2) is 0 Å². The molecule has 0 radical (unpaired) electrons. The average Bonchev–Trinajstić information content (AvgIpc) is 3.18. The van der Waals surface area contributed by atoms with E-state index in [9.17, 15) is 0 Å². The van der Waals surface area contributed by atoms with Gasteiger partial charge in [0.25, 0.3) is 0 Å². The van der Waals surface area contributed by atoms with Gasteiger partial charge in [0, 0.05) is 29.0 Å². The number of benzene rings is 2. The normalized spacial score (nSPS) is 12.5. The maximum atomic E-state index is 6.30. The van der Waals surface area contributed by atoms with Crippen molar-refractivity contribution in [3.8, 4) is 0 Å². The Bertz CT molecular complexity index is 848. The summed E-state index contributed by atoms with van der Waals surface area (Å²) in [6, 6.07) is 15.8. The van der Waals surface area contributed by atoms with Gasteiger partial charge in [-0.05, 0) is 36.1 Å². The molecule has 0 aliphatic rings. The highest BCUT2D eigenvalue weighted by atomic mass is 35.5. The van der Waals surface area contributed by atoms with Gasteiger partial charge in [0.2, 0.25) is 0 Å². The molecule has 1 atom stereocenters. The van der Waals surface area contributed by atoms with E-state index in [0.717, 1.165) is 24.9 Å². The van der Waals surface area contributed by atoms with E-state index in [1.165, 1.54) is 5.56 Å². The van der Waals surface area contributed by atoms with Crippen LogP contribution < -0.4 is 0 Å². The number of ether oxygens (including phenoxy) is 1. The molecule has 0 bridgehead atoms. The molecule has 140 valence electrons. The smallest absolute Gasteiger partial charge is 0.0946 e. The Hall–Kier alpha value is -2.07. The first kappa shape index (κ1) is 19.7. The third kappa shape index (κ3) is 6.55. The molecule has 3 aromatic rings. The van der Waals surface area contributed by atoms with Crippen LogP contribution in [0.15, 0.2) is 73.3 Å². The van der Waals surface area contributed by atoms with Gasteiger partial charge in [-0.1, -0.05) is 71.8 Å². The minimum absolute atomic E-state index is 0.0615. The summed E-state index contributed by atoms with van der Waals surface area (Å²) in [6.07, 6.45) is 11.4. The van der Waals surface area contributed by atoms with E-state index in [2.05, 4.69) is 23.2 Å². The molecule has 1 unspecified atom stereocenters. The maximum Gasteiger partial charge on any atom is 0.0946 e. The summed E-state index contributed by atoms with van der Waals surface area (Å²) in [5.74, 6) is 0. The first-order chi connectivity index (χ1) is 13.2. The van der Waals surface area contributed by atoms with Crippen LogP contribution >= 0.6 is 23.2 Å². The molecule has 0 saturated heterocycles. The lowest BCUT2D eigenvalue weighted by atomic mass is 10.1. The molecular weight excluding hydrogens is 379 g/mol. The van der Waals surface area contributed by atoms with Gasteiger partial charge in [0.1, 0.15) is 0 Å². The molecule has 2 aromatic carbocycles. The van der Waals surface area contributed by atoms with Gasteiger partial charge in [-0.2, -0.15) is 0 Å². The van der Waals surface area contributed by atoms with E-state index in [1.54, 1.807) is 12.3 Å². The quantitative estimate of drug-likeness (QED) is 0.445. The number of halogens is 2. The summed E-state index contributed by atoms with van der Waals surface area (Å²) in [5, 5.41) is 1.36. The van der Waals surface area contributed by atoms with Crippen LogP contribution in [-0.4, -0.2) is 22.3 Å². The van der Waals surface area contributed by atoms with Crippen molar-refractivity contribution in [1.29, 1.82) is 0 Å². The van der Waals surface area contributed by atoms with Gasteiger partial charge in [0.05, 0.1) is 19.0 Å². The van der Waals surface area contributed by atoms with Crippen LogP contribution in [0.3, 0.4) is 0 Å². The van der Waals surface area contributed by atoms with Crippen LogP contribution in [0.2, 0.25) is 10.0 Å². The second-order valence-corrected chi connectivity index (χ2v) is 7.15. The fraction of sp³-hybridized carbons (Fsp3) is 0.227. The van der Waals surface area contributed by atoms with Crippen molar-refractivity contribution in [1.82, 2.24) is 9.55 Å². The number of hydrogen-bond donors (Lipinski definition) is 0. The molecule has 1 aromatic heterocycles. The maximum absolute atomic E-state index is 6.30. The molecular formula is C22H22Cl2N2O. The highest BCUT2D eigenvalue weighted by molar-refractivity contribution is 6.35. The van der Waals surface area contributed by atoms with Crippen molar-refractivity contribution >= 4 is 29.3 Å². The Morgan fingerprint density at radius 1 is 1.11 bits per heavy atom. The number of rotatable bonds is 9. The largest absolute Gasteiger partial charge is 0.372 e. The lowest BCUT2D eigenvalue weighted by Gasteiger charge is -2.18. The summed E-state index contributed by atoms with van der Waals surface area (Å²) in [6.45, 7) is 1.31. The minimum atomic E-state index is 0.0615. The fourth-order valence-electron chi connectivity index (χ4n) is 2.84. The zero-order valence-corrected chi connectivity index (χ0v) is 16.5. The molecule has 27 heavy (non-hydrogen) atoms. The molecule has 5 heteroatoms. The SMILES string of the molecule is Clc1ccc(CCC(Cn2ccnc2)OC/C=C/c2ccccc2)c(Cl)c1. The van der Waals surface area contributed by atoms with Crippen LogP contribution in [0.5, 0.6) is 0 Å². The molecule has 0 N–H and O–H groups in total. The highest BCUT2D eigenvalue weighted by Crippen LogP contribution is 2.23. The van der Waals surface area contributed by atoms with Gasteiger partial charge in [-0.25, -0.2) is 4.98 Å². The number of aromatic nitrogens is 2.